The largest absolute Gasteiger partial charge is 0.453 e. The molecule has 1 fully saturated rings. The van der Waals surface area contributed by atoms with Gasteiger partial charge in [0.05, 0.1) is 25.4 Å². The summed E-state index contributed by atoms with van der Waals surface area (Å²) < 4.78 is 4.74. The number of methoxy groups -OCH3 is 1. The number of alkyl carbamates (subject to hydrolysis) is 1. The van der Waals surface area contributed by atoms with Crippen LogP contribution in [0.25, 0.3) is 0 Å². The average Bonchev–Trinajstić information content (AvgIpc) is 2.90. The van der Waals surface area contributed by atoms with E-state index in [2.05, 4.69) is 10.6 Å². The Hall–Kier alpha value is -2.69. The van der Waals surface area contributed by atoms with Crippen molar-refractivity contribution in [1.29, 1.82) is 0 Å². The summed E-state index contributed by atoms with van der Waals surface area (Å²) >= 11 is 0. The number of rotatable bonds is 10. The van der Waals surface area contributed by atoms with E-state index in [1.807, 2.05) is 52.0 Å². The molecule has 1 aliphatic heterocycles. The van der Waals surface area contributed by atoms with E-state index in [1.54, 1.807) is 4.90 Å². The molecule has 3 atom stereocenters. The molecule has 40 heavy (non-hydrogen) atoms. The molecule has 0 bridgehead atoms. The van der Waals surface area contributed by atoms with Crippen LogP contribution in [0.2, 0.25) is 0 Å². The van der Waals surface area contributed by atoms with Gasteiger partial charge in [-0.25, -0.2) is 4.79 Å². The molecule has 2 aliphatic rings. The minimum Gasteiger partial charge on any atom is -0.453 e. The van der Waals surface area contributed by atoms with Crippen LogP contribution in [0.5, 0.6) is 0 Å². The zero-order valence-electron chi connectivity index (χ0n) is 24.6. The molecule has 1 heterocycles. The summed E-state index contributed by atoms with van der Waals surface area (Å²) in [4.78, 5) is 40.0. The summed E-state index contributed by atoms with van der Waals surface area (Å²) in [6.45, 7) is 8.07. The molecule has 1 saturated carbocycles. The predicted molar refractivity (Wildman–Crippen MR) is 154 cm³/mol. The fraction of sp³-hybridized carbons (Fsp3) is 0.700. The molecule has 10 nitrogen and oxygen atoms in total. The number of aliphatic hydroxyl groups is 2. The van der Waals surface area contributed by atoms with Crippen molar-refractivity contribution in [2.24, 2.45) is 22.5 Å². The van der Waals surface area contributed by atoms with Crippen LogP contribution in [0.3, 0.4) is 0 Å². The first kappa shape index (κ1) is 31.8. The normalized spacial score (nSPS) is 23.0. The van der Waals surface area contributed by atoms with Crippen LogP contribution in [0.4, 0.5) is 10.5 Å². The first-order chi connectivity index (χ1) is 18.7. The Bertz CT molecular complexity index is 1040. The lowest BCUT2D eigenvalue weighted by Crippen LogP contribution is -2.51. The number of hydrogen-bond donors (Lipinski definition) is 5. The highest BCUT2D eigenvalue weighted by Crippen LogP contribution is 2.38. The summed E-state index contributed by atoms with van der Waals surface area (Å²) in [5, 5.41) is 26.3. The number of hydrogen-bond acceptors (Lipinski definition) is 7. The highest BCUT2D eigenvalue weighted by Gasteiger charge is 2.39. The third-order valence-electron chi connectivity index (χ3n) is 8.65. The molecule has 0 spiro atoms. The molecular weight excluding hydrogens is 512 g/mol. The van der Waals surface area contributed by atoms with Crippen LogP contribution >= 0.6 is 0 Å². The highest BCUT2D eigenvalue weighted by atomic mass is 16.5. The van der Waals surface area contributed by atoms with E-state index in [9.17, 15) is 24.6 Å². The van der Waals surface area contributed by atoms with E-state index >= 15 is 0 Å². The van der Waals surface area contributed by atoms with E-state index in [0.29, 0.717) is 32.2 Å². The number of fused-ring (bicyclic) bond motifs is 1. The van der Waals surface area contributed by atoms with Gasteiger partial charge in [-0.05, 0) is 61.5 Å². The van der Waals surface area contributed by atoms with Crippen LogP contribution < -0.4 is 21.3 Å². The minimum atomic E-state index is -0.966. The van der Waals surface area contributed by atoms with Crippen molar-refractivity contribution in [3.63, 3.8) is 0 Å². The molecule has 0 aromatic heterocycles. The van der Waals surface area contributed by atoms with Gasteiger partial charge in [-0.2, -0.15) is 0 Å². The zero-order chi connectivity index (χ0) is 29.7. The fourth-order valence-corrected chi connectivity index (χ4v) is 6.06. The van der Waals surface area contributed by atoms with Gasteiger partial charge in [0.15, 0.2) is 0 Å². The van der Waals surface area contributed by atoms with Gasteiger partial charge < -0.3 is 36.2 Å². The molecule has 10 heteroatoms. The second kappa shape index (κ2) is 13.3. The fourth-order valence-electron chi connectivity index (χ4n) is 6.06. The maximum atomic E-state index is 13.5. The van der Waals surface area contributed by atoms with Crippen LogP contribution in [0.15, 0.2) is 24.3 Å². The molecule has 0 saturated heterocycles. The third-order valence-corrected chi connectivity index (χ3v) is 8.65. The Labute approximate surface area is 238 Å². The van der Waals surface area contributed by atoms with Gasteiger partial charge in [0.1, 0.15) is 0 Å². The highest BCUT2D eigenvalue weighted by molar-refractivity contribution is 5.95. The number of nitrogens with zero attached hydrogens (tertiary/aromatic N) is 1. The standard InChI is InChI=1S/C30H48N4O6/c1-29(2,15-23(31)25(36)17-32-27(38)30(3,4)20-10-12-22(35)13-11-20)16-26(37)34-18-21(33-28(39)40-5)14-19-8-6-7-9-24(19)34/h6-9,20-23,25,35-36H,10-18,31H2,1-5H3,(H,32,38)(H,33,39)/t20?,21?,22?,23-,25-/m0/s1. The Morgan fingerprint density at radius 1 is 1.12 bits per heavy atom. The lowest BCUT2D eigenvalue weighted by Gasteiger charge is -2.38. The molecule has 1 unspecified atom stereocenters. The Morgan fingerprint density at radius 2 is 1.77 bits per heavy atom. The summed E-state index contributed by atoms with van der Waals surface area (Å²) in [6.07, 6.45) is 2.38. The molecule has 3 rings (SSSR count). The van der Waals surface area contributed by atoms with Crippen molar-refractivity contribution in [1.82, 2.24) is 10.6 Å². The number of nitrogens with one attached hydrogen (secondary N) is 2. The first-order valence-corrected chi connectivity index (χ1v) is 14.4. The summed E-state index contributed by atoms with van der Waals surface area (Å²) in [5.74, 6) is -0.0504. The third kappa shape index (κ3) is 8.17. The maximum Gasteiger partial charge on any atom is 0.407 e. The number of benzene rings is 1. The van der Waals surface area contributed by atoms with E-state index in [-0.39, 0.29) is 42.8 Å². The number of carbonyl (C=O) groups excluding carboxylic acids is 3. The SMILES string of the molecule is COC(=O)NC1Cc2ccccc2N(C(=O)CC(C)(C)C[C@H](N)[C@@H](O)CNC(=O)C(C)(C)C2CCC(O)CC2)C1. The Morgan fingerprint density at radius 3 is 2.42 bits per heavy atom. The quantitative estimate of drug-likeness (QED) is 0.295. The predicted octanol–water partition coefficient (Wildman–Crippen LogP) is 2.49. The minimum absolute atomic E-state index is 0.0309. The van der Waals surface area contributed by atoms with Crippen molar-refractivity contribution in [2.45, 2.75) is 96.9 Å². The molecule has 1 aliphatic carbocycles. The van der Waals surface area contributed by atoms with E-state index in [1.165, 1.54) is 7.11 Å². The van der Waals surface area contributed by atoms with Crippen molar-refractivity contribution >= 4 is 23.6 Å². The van der Waals surface area contributed by atoms with E-state index < -0.39 is 29.1 Å². The molecular formula is C30H48N4O6. The molecule has 1 aromatic carbocycles. The average molecular weight is 561 g/mol. The number of para-hydroxylation sites is 1. The molecule has 0 radical (unpaired) electrons. The van der Waals surface area contributed by atoms with Crippen molar-refractivity contribution < 1.29 is 29.3 Å². The van der Waals surface area contributed by atoms with Gasteiger partial charge in [0.25, 0.3) is 0 Å². The molecule has 6 N–H and O–H groups in total. The smallest absolute Gasteiger partial charge is 0.407 e. The zero-order valence-corrected chi connectivity index (χ0v) is 24.6. The van der Waals surface area contributed by atoms with Crippen LogP contribution in [0.1, 0.15) is 71.8 Å². The topological polar surface area (TPSA) is 154 Å². The second-order valence-electron chi connectivity index (χ2n) is 12.9. The number of ether oxygens (including phenoxy) is 1. The van der Waals surface area contributed by atoms with E-state index in [4.69, 9.17) is 10.5 Å². The first-order valence-electron chi connectivity index (χ1n) is 14.4. The van der Waals surface area contributed by atoms with Crippen LogP contribution in [0, 0.1) is 16.7 Å². The Balaban J connectivity index is 1.55. The number of nitrogens with two attached hydrogens (primary N) is 1. The van der Waals surface area contributed by atoms with Gasteiger partial charge in [-0.1, -0.05) is 45.9 Å². The number of aliphatic hydroxyl groups excluding tert-OH is 2. The monoisotopic (exact) mass is 560 g/mol. The maximum absolute atomic E-state index is 13.5. The lowest BCUT2D eigenvalue weighted by atomic mass is 9.70. The number of carbonyl (C=O) groups is 3. The van der Waals surface area contributed by atoms with Crippen molar-refractivity contribution in [2.75, 3.05) is 25.1 Å². The van der Waals surface area contributed by atoms with E-state index in [0.717, 1.165) is 24.1 Å². The summed E-state index contributed by atoms with van der Waals surface area (Å²) in [7, 11) is 1.31. The molecule has 3 amide bonds. The van der Waals surface area contributed by atoms with Crippen LogP contribution in [-0.2, 0) is 20.7 Å². The second-order valence-corrected chi connectivity index (χ2v) is 12.9. The van der Waals surface area contributed by atoms with Crippen molar-refractivity contribution in [3.8, 4) is 0 Å². The lowest BCUT2D eigenvalue weighted by molar-refractivity contribution is -0.134. The van der Waals surface area contributed by atoms with Gasteiger partial charge in [-0.15, -0.1) is 0 Å². The molecule has 1 aromatic rings. The molecule has 224 valence electrons. The van der Waals surface area contributed by atoms with Crippen LogP contribution in [-0.4, -0.2) is 72.6 Å². The summed E-state index contributed by atoms with van der Waals surface area (Å²) in [5.41, 5.74) is 7.02. The Kier molecular flexibility index (Phi) is 10.6. The van der Waals surface area contributed by atoms with Gasteiger partial charge >= 0.3 is 6.09 Å². The number of anilines is 1. The van der Waals surface area contributed by atoms with Gasteiger partial charge in [0.2, 0.25) is 11.8 Å². The number of amides is 3. The summed E-state index contributed by atoms with van der Waals surface area (Å²) in [6, 6.07) is 6.74. The van der Waals surface area contributed by atoms with Crippen molar-refractivity contribution in [3.05, 3.63) is 29.8 Å². The van der Waals surface area contributed by atoms with Gasteiger partial charge in [-0.3, -0.25) is 9.59 Å². The van der Waals surface area contributed by atoms with Gasteiger partial charge in [0, 0.05) is 36.7 Å².